The van der Waals surface area contributed by atoms with E-state index < -0.39 is 6.10 Å². The zero-order valence-corrected chi connectivity index (χ0v) is 9.53. The fourth-order valence-corrected chi connectivity index (χ4v) is 1.16. The summed E-state index contributed by atoms with van der Waals surface area (Å²) in [5, 5.41) is 12.1. The highest BCUT2D eigenvalue weighted by Crippen LogP contribution is 2.00. The van der Waals surface area contributed by atoms with Crippen molar-refractivity contribution >= 4 is 5.82 Å². The molecule has 2 atom stereocenters. The van der Waals surface area contributed by atoms with Crippen LogP contribution in [0.4, 0.5) is 5.82 Å². The summed E-state index contributed by atoms with van der Waals surface area (Å²) in [4.78, 5) is 18.0. The second-order valence-corrected chi connectivity index (χ2v) is 3.72. The number of hydrogen-bond acceptors (Lipinski definition) is 5. The molecule has 0 spiro atoms. The molecule has 1 rings (SSSR count). The third-order valence-corrected chi connectivity index (χ3v) is 2.26. The molecule has 0 bridgehead atoms. The van der Waals surface area contributed by atoms with E-state index in [0.29, 0.717) is 24.6 Å². The van der Waals surface area contributed by atoms with Gasteiger partial charge in [0.2, 0.25) is 0 Å². The van der Waals surface area contributed by atoms with Crippen molar-refractivity contribution in [1.82, 2.24) is 9.97 Å². The molecule has 0 saturated carbocycles. The van der Waals surface area contributed by atoms with Crippen molar-refractivity contribution in [2.75, 3.05) is 11.9 Å². The molecule has 0 saturated heterocycles. The second kappa shape index (κ2) is 5.62. The number of nitrogens with zero attached hydrogens (tertiary/aromatic N) is 1. The first-order chi connectivity index (χ1) is 7.52. The lowest BCUT2D eigenvalue weighted by Gasteiger charge is -2.15. The van der Waals surface area contributed by atoms with Gasteiger partial charge in [-0.25, -0.2) is 4.98 Å². The van der Waals surface area contributed by atoms with Crippen molar-refractivity contribution in [2.24, 2.45) is 5.73 Å². The number of aliphatic hydroxyl groups excluding tert-OH is 1. The number of H-pyrrole nitrogens is 1. The molecular formula is C10H18N4O2. The predicted octanol–water partition coefficient (Wildman–Crippen LogP) is -0.548. The van der Waals surface area contributed by atoms with Crippen LogP contribution in [-0.2, 0) is 6.42 Å². The quantitative estimate of drug-likeness (QED) is 0.539. The van der Waals surface area contributed by atoms with E-state index in [0.717, 1.165) is 0 Å². The summed E-state index contributed by atoms with van der Waals surface area (Å²) in [6, 6.07) is 0.986. The first-order valence-electron chi connectivity index (χ1n) is 5.30. The first-order valence-corrected chi connectivity index (χ1v) is 5.30. The number of nitrogens with one attached hydrogen (secondary N) is 2. The molecule has 0 fully saturated rings. The zero-order chi connectivity index (χ0) is 12.1. The van der Waals surface area contributed by atoms with Crippen LogP contribution in [-0.4, -0.2) is 33.8 Å². The molecule has 1 heterocycles. The average Bonchev–Trinajstić information content (AvgIpc) is 2.24. The first kappa shape index (κ1) is 12.7. The normalized spacial score (nSPS) is 14.5. The number of nitrogens with two attached hydrogens (primary N) is 1. The molecule has 0 aliphatic rings. The smallest absolute Gasteiger partial charge is 0.252 e. The number of aromatic nitrogens is 2. The van der Waals surface area contributed by atoms with Crippen molar-refractivity contribution in [3.8, 4) is 0 Å². The molecule has 6 nitrogen and oxygen atoms in total. The van der Waals surface area contributed by atoms with Crippen LogP contribution < -0.4 is 16.6 Å². The average molecular weight is 226 g/mol. The Morgan fingerprint density at radius 3 is 2.94 bits per heavy atom. The van der Waals surface area contributed by atoms with Gasteiger partial charge in [0.25, 0.3) is 5.56 Å². The summed E-state index contributed by atoms with van der Waals surface area (Å²) in [5.41, 5.74) is 5.45. The Balaban J connectivity index is 2.67. The summed E-state index contributed by atoms with van der Waals surface area (Å²) < 4.78 is 0. The number of aliphatic hydroxyl groups is 1. The molecule has 0 aliphatic carbocycles. The molecule has 0 radical (unpaired) electrons. The van der Waals surface area contributed by atoms with E-state index in [2.05, 4.69) is 15.3 Å². The van der Waals surface area contributed by atoms with Crippen LogP contribution in [0.1, 0.15) is 19.7 Å². The van der Waals surface area contributed by atoms with Gasteiger partial charge in [-0.3, -0.25) is 4.79 Å². The van der Waals surface area contributed by atoms with Gasteiger partial charge in [-0.05, 0) is 6.92 Å². The van der Waals surface area contributed by atoms with Gasteiger partial charge in [-0.15, -0.1) is 0 Å². The van der Waals surface area contributed by atoms with Crippen LogP contribution in [0.2, 0.25) is 0 Å². The van der Waals surface area contributed by atoms with E-state index in [-0.39, 0.29) is 11.6 Å². The van der Waals surface area contributed by atoms with Crippen molar-refractivity contribution in [2.45, 2.75) is 32.4 Å². The lowest BCUT2D eigenvalue weighted by atomic mass is 10.2. The van der Waals surface area contributed by atoms with E-state index in [1.54, 1.807) is 6.92 Å². The number of anilines is 1. The zero-order valence-electron chi connectivity index (χ0n) is 9.53. The summed E-state index contributed by atoms with van der Waals surface area (Å²) in [7, 11) is 0. The van der Waals surface area contributed by atoms with Crippen molar-refractivity contribution < 1.29 is 5.11 Å². The van der Waals surface area contributed by atoms with Gasteiger partial charge in [-0.1, -0.05) is 6.92 Å². The van der Waals surface area contributed by atoms with Gasteiger partial charge in [0.1, 0.15) is 11.6 Å². The number of rotatable bonds is 5. The Labute approximate surface area is 93.9 Å². The minimum atomic E-state index is -0.597. The van der Waals surface area contributed by atoms with E-state index >= 15 is 0 Å². The summed E-state index contributed by atoms with van der Waals surface area (Å²) in [5.74, 6) is 1.11. The molecule has 0 aromatic carbocycles. The van der Waals surface area contributed by atoms with Gasteiger partial charge < -0.3 is 21.1 Å². The highest BCUT2D eigenvalue weighted by Gasteiger charge is 2.09. The lowest BCUT2D eigenvalue weighted by molar-refractivity contribution is 0.168. The molecule has 0 amide bonds. The topological polar surface area (TPSA) is 104 Å². The predicted molar refractivity (Wildman–Crippen MR) is 62.4 cm³/mol. The highest BCUT2D eigenvalue weighted by molar-refractivity contribution is 5.33. The van der Waals surface area contributed by atoms with Crippen molar-refractivity contribution in [1.29, 1.82) is 0 Å². The van der Waals surface area contributed by atoms with Gasteiger partial charge in [0.05, 0.1) is 6.10 Å². The maximum absolute atomic E-state index is 11.2. The van der Waals surface area contributed by atoms with E-state index in [1.807, 2.05) is 6.92 Å². The Hall–Kier alpha value is -1.40. The van der Waals surface area contributed by atoms with E-state index in [1.165, 1.54) is 6.07 Å². The molecule has 1 aromatic rings. The summed E-state index contributed by atoms with van der Waals surface area (Å²) in [6.07, 6.45) is 0.0628. The van der Waals surface area contributed by atoms with Crippen molar-refractivity contribution in [3.05, 3.63) is 22.2 Å². The van der Waals surface area contributed by atoms with Crippen LogP contribution >= 0.6 is 0 Å². The Morgan fingerprint density at radius 2 is 2.38 bits per heavy atom. The number of hydrogen-bond donors (Lipinski definition) is 4. The van der Waals surface area contributed by atoms with Gasteiger partial charge in [-0.2, -0.15) is 0 Å². The second-order valence-electron chi connectivity index (χ2n) is 3.72. The minimum absolute atomic E-state index is 0.194. The monoisotopic (exact) mass is 226 g/mol. The molecular weight excluding hydrogens is 208 g/mol. The van der Waals surface area contributed by atoms with Crippen LogP contribution in [0.15, 0.2) is 10.9 Å². The van der Waals surface area contributed by atoms with Gasteiger partial charge in [0.15, 0.2) is 0 Å². The summed E-state index contributed by atoms with van der Waals surface area (Å²) >= 11 is 0. The number of aromatic amines is 1. The molecule has 16 heavy (non-hydrogen) atoms. The standard InChI is InChI=1S/C10H18N4O2/c1-3-8-13-9(4-10(16)14-8)12-5-7(11)6(2)15/h4,6-7,15H,3,5,11H2,1-2H3,(H2,12,13,14,16). The fourth-order valence-electron chi connectivity index (χ4n) is 1.16. The SMILES string of the molecule is CCc1nc(NCC(N)C(C)O)cc(=O)[nH]1. The molecule has 90 valence electrons. The van der Waals surface area contributed by atoms with Crippen LogP contribution in [0.3, 0.4) is 0 Å². The van der Waals surface area contributed by atoms with Gasteiger partial charge in [0, 0.05) is 25.1 Å². The lowest BCUT2D eigenvalue weighted by Crippen LogP contribution is -2.39. The Bertz CT molecular complexity index is 389. The molecule has 6 heteroatoms. The third kappa shape index (κ3) is 3.63. The van der Waals surface area contributed by atoms with Crippen LogP contribution in [0.25, 0.3) is 0 Å². The van der Waals surface area contributed by atoms with Crippen molar-refractivity contribution in [3.63, 3.8) is 0 Å². The molecule has 2 unspecified atom stereocenters. The van der Waals surface area contributed by atoms with E-state index in [9.17, 15) is 9.90 Å². The number of aryl methyl sites for hydroxylation is 1. The largest absolute Gasteiger partial charge is 0.392 e. The molecule has 1 aromatic heterocycles. The fraction of sp³-hybridized carbons (Fsp3) is 0.600. The van der Waals surface area contributed by atoms with E-state index in [4.69, 9.17) is 5.73 Å². The van der Waals surface area contributed by atoms with Crippen LogP contribution in [0.5, 0.6) is 0 Å². The third-order valence-electron chi connectivity index (χ3n) is 2.26. The maximum atomic E-state index is 11.2. The molecule has 5 N–H and O–H groups in total. The Kier molecular flexibility index (Phi) is 4.45. The minimum Gasteiger partial charge on any atom is -0.392 e. The highest BCUT2D eigenvalue weighted by atomic mass is 16.3. The summed E-state index contributed by atoms with van der Waals surface area (Å²) in [6.45, 7) is 3.90. The van der Waals surface area contributed by atoms with Crippen LogP contribution in [0, 0.1) is 0 Å². The van der Waals surface area contributed by atoms with Gasteiger partial charge >= 0.3 is 0 Å². The molecule has 0 aliphatic heterocycles. The Morgan fingerprint density at radius 1 is 1.69 bits per heavy atom. The maximum Gasteiger partial charge on any atom is 0.252 e.